The summed E-state index contributed by atoms with van der Waals surface area (Å²) in [5.41, 5.74) is 4.82. The lowest BCUT2D eigenvalue weighted by Crippen LogP contribution is -2.26. The number of nitrogens with one attached hydrogen (secondary N) is 2. The molecule has 4 heteroatoms. The molecule has 0 saturated heterocycles. The quantitative estimate of drug-likeness (QED) is 0.656. The van der Waals surface area contributed by atoms with E-state index in [0.29, 0.717) is 18.9 Å². The maximum absolute atomic E-state index is 12.5. The predicted molar refractivity (Wildman–Crippen MR) is 106 cm³/mol. The lowest BCUT2D eigenvalue weighted by molar-refractivity contribution is -0.121. The summed E-state index contributed by atoms with van der Waals surface area (Å²) in [6.07, 6.45) is 7.07. The molecule has 0 bridgehead atoms. The van der Waals surface area contributed by atoms with Gasteiger partial charge in [0.05, 0.1) is 0 Å². The van der Waals surface area contributed by atoms with E-state index in [1.807, 2.05) is 12.1 Å². The summed E-state index contributed by atoms with van der Waals surface area (Å²) in [6, 6.07) is 10.3. The molecule has 1 atom stereocenters. The van der Waals surface area contributed by atoms with Crippen molar-refractivity contribution in [3.63, 3.8) is 0 Å². The number of H-pyrrole nitrogens is 1. The largest absolute Gasteiger partial charge is 0.361 e. The second kappa shape index (κ2) is 8.17. The van der Waals surface area contributed by atoms with E-state index in [4.69, 9.17) is 0 Å². The van der Waals surface area contributed by atoms with Crippen LogP contribution in [0.5, 0.6) is 0 Å². The first-order chi connectivity index (χ1) is 12.6. The Balaban J connectivity index is 1.76. The molecule has 0 aliphatic rings. The molecular weight excluding hydrogens is 322 g/mol. The summed E-state index contributed by atoms with van der Waals surface area (Å²) in [5.74, 6) is 0.653. The van der Waals surface area contributed by atoms with Gasteiger partial charge < -0.3 is 10.3 Å². The lowest BCUT2D eigenvalue weighted by atomic mass is 9.85. The van der Waals surface area contributed by atoms with Gasteiger partial charge in [0.2, 0.25) is 5.91 Å². The highest BCUT2D eigenvalue weighted by Crippen LogP contribution is 2.34. The molecule has 2 heterocycles. The zero-order valence-corrected chi connectivity index (χ0v) is 15.8. The van der Waals surface area contributed by atoms with Crippen molar-refractivity contribution >= 4 is 16.8 Å². The summed E-state index contributed by atoms with van der Waals surface area (Å²) >= 11 is 0. The Morgan fingerprint density at radius 2 is 1.96 bits per heavy atom. The average Bonchev–Trinajstić information content (AvgIpc) is 3.09. The minimum Gasteiger partial charge on any atom is -0.361 e. The zero-order valence-electron chi connectivity index (χ0n) is 15.8. The Bertz CT molecular complexity index is 867. The summed E-state index contributed by atoms with van der Waals surface area (Å²) in [6.45, 7) is 7.08. The van der Waals surface area contributed by atoms with Crippen LogP contribution in [-0.2, 0) is 17.8 Å². The van der Waals surface area contributed by atoms with Crippen molar-refractivity contribution in [1.29, 1.82) is 0 Å². The van der Waals surface area contributed by atoms with Gasteiger partial charge in [0.15, 0.2) is 0 Å². The van der Waals surface area contributed by atoms with Crippen LogP contribution in [0.4, 0.5) is 0 Å². The van der Waals surface area contributed by atoms with Crippen LogP contribution in [0, 0.1) is 5.92 Å². The third-order valence-electron chi connectivity index (χ3n) is 5.06. The van der Waals surface area contributed by atoms with Crippen molar-refractivity contribution in [2.75, 3.05) is 0 Å². The second-order valence-corrected chi connectivity index (χ2v) is 7.12. The van der Waals surface area contributed by atoms with Gasteiger partial charge in [0.1, 0.15) is 0 Å². The normalized spacial score (nSPS) is 12.5. The number of nitrogens with zero attached hydrogens (tertiary/aromatic N) is 1. The topological polar surface area (TPSA) is 57.8 Å². The van der Waals surface area contributed by atoms with Gasteiger partial charge in [-0.15, -0.1) is 0 Å². The van der Waals surface area contributed by atoms with E-state index in [2.05, 4.69) is 60.5 Å². The molecule has 1 aromatic carbocycles. The number of pyridine rings is 1. The molecule has 0 aliphatic heterocycles. The first-order valence-corrected chi connectivity index (χ1v) is 9.34. The van der Waals surface area contributed by atoms with Crippen LogP contribution in [0.1, 0.15) is 49.8 Å². The highest BCUT2D eigenvalue weighted by atomic mass is 16.1. The molecule has 26 heavy (non-hydrogen) atoms. The number of para-hydroxylation sites is 1. The average molecular weight is 349 g/mol. The van der Waals surface area contributed by atoms with Gasteiger partial charge in [0, 0.05) is 42.5 Å². The van der Waals surface area contributed by atoms with Crippen LogP contribution in [-0.4, -0.2) is 15.9 Å². The molecule has 2 N–H and O–H groups in total. The highest BCUT2D eigenvalue weighted by molar-refractivity contribution is 5.87. The number of aromatic amines is 1. The van der Waals surface area contributed by atoms with E-state index in [-0.39, 0.29) is 11.8 Å². The molecule has 0 aliphatic carbocycles. The van der Waals surface area contributed by atoms with Crippen molar-refractivity contribution in [1.82, 2.24) is 15.3 Å². The number of rotatable bonds is 7. The van der Waals surface area contributed by atoms with Crippen molar-refractivity contribution in [2.24, 2.45) is 5.92 Å². The summed E-state index contributed by atoms with van der Waals surface area (Å²) < 4.78 is 0. The number of aryl methyl sites for hydroxylation is 1. The van der Waals surface area contributed by atoms with Gasteiger partial charge in [-0.3, -0.25) is 9.78 Å². The number of carbonyl (C=O) groups is 1. The third-order valence-corrected chi connectivity index (χ3v) is 5.06. The van der Waals surface area contributed by atoms with E-state index in [1.54, 1.807) is 12.4 Å². The highest BCUT2D eigenvalue weighted by Gasteiger charge is 2.23. The first kappa shape index (κ1) is 18.2. The molecule has 1 unspecified atom stereocenters. The molecule has 0 fully saturated rings. The number of amides is 1. The molecule has 3 rings (SSSR count). The summed E-state index contributed by atoms with van der Waals surface area (Å²) in [4.78, 5) is 20.0. The number of aromatic nitrogens is 2. The third kappa shape index (κ3) is 3.96. The van der Waals surface area contributed by atoms with E-state index < -0.39 is 0 Å². The van der Waals surface area contributed by atoms with Crippen LogP contribution < -0.4 is 5.32 Å². The van der Waals surface area contributed by atoms with E-state index >= 15 is 0 Å². The Morgan fingerprint density at radius 1 is 1.19 bits per heavy atom. The SMILES string of the molecule is CCc1cccc2c(C(CC(=O)NCc3ccncc3)C(C)C)c[nH]c12. The maximum Gasteiger partial charge on any atom is 0.220 e. The maximum atomic E-state index is 12.5. The smallest absolute Gasteiger partial charge is 0.220 e. The number of hydrogen-bond acceptors (Lipinski definition) is 2. The van der Waals surface area contributed by atoms with E-state index in [9.17, 15) is 4.79 Å². The van der Waals surface area contributed by atoms with Gasteiger partial charge in [0.25, 0.3) is 0 Å². The van der Waals surface area contributed by atoms with E-state index in [1.165, 1.54) is 22.0 Å². The predicted octanol–water partition coefficient (Wildman–Crippen LogP) is 4.57. The number of fused-ring (bicyclic) bond motifs is 1. The molecule has 2 aromatic heterocycles. The van der Waals surface area contributed by atoms with Gasteiger partial charge >= 0.3 is 0 Å². The van der Waals surface area contributed by atoms with Crippen LogP contribution >= 0.6 is 0 Å². The van der Waals surface area contributed by atoms with Crippen LogP contribution in [0.25, 0.3) is 10.9 Å². The zero-order chi connectivity index (χ0) is 18.5. The number of carbonyl (C=O) groups excluding carboxylic acids is 1. The lowest BCUT2D eigenvalue weighted by Gasteiger charge is -2.20. The van der Waals surface area contributed by atoms with Crippen molar-refractivity contribution < 1.29 is 4.79 Å². The number of benzene rings is 1. The molecule has 0 saturated carbocycles. The summed E-state index contributed by atoms with van der Waals surface area (Å²) in [5, 5.41) is 4.28. The molecule has 4 nitrogen and oxygen atoms in total. The second-order valence-electron chi connectivity index (χ2n) is 7.12. The van der Waals surface area contributed by atoms with Crippen LogP contribution in [0.3, 0.4) is 0 Å². The van der Waals surface area contributed by atoms with Crippen molar-refractivity contribution in [3.8, 4) is 0 Å². The van der Waals surface area contributed by atoms with E-state index in [0.717, 1.165) is 12.0 Å². The molecule has 3 aromatic rings. The van der Waals surface area contributed by atoms with Gasteiger partial charge in [-0.1, -0.05) is 39.0 Å². The molecule has 0 spiro atoms. The van der Waals surface area contributed by atoms with Gasteiger partial charge in [-0.2, -0.15) is 0 Å². The Labute approximate surface area is 155 Å². The minimum absolute atomic E-state index is 0.0847. The van der Waals surface area contributed by atoms with Gasteiger partial charge in [-0.25, -0.2) is 0 Å². The Kier molecular flexibility index (Phi) is 5.71. The fourth-order valence-corrected chi connectivity index (χ4v) is 3.52. The molecular formula is C22H27N3O. The fourth-order valence-electron chi connectivity index (χ4n) is 3.52. The minimum atomic E-state index is 0.0847. The first-order valence-electron chi connectivity index (χ1n) is 9.34. The van der Waals surface area contributed by atoms with Gasteiger partial charge in [-0.05, 0) is 47.1 Å². The van der Waals surface area contributed by atoms with Crippen LogP contribution in [0.15, 0.2) is 48.9 Å². The van der Waals surface area contributed by atoms with Crippen molar-refractivity contribution in [3.05, 3.63) is 65.6 Å². The fraction of sp³-hybridized carbons (Fsp3) is 0.364. The molecule has 136 valence electrons. The van der Waals surface area contributed by atoms with Crippen LogP contribution in [0.2, 0.25) is 0 Å². The number of hydrogen-bond donors (Lipinski definition) is 2. The monoisotopic (exact) mass is 349 g/mol. The molecule has 0 radical (unpaired) electrons. The molecule has 1 amide bonds. The van der Waals surface area contributed by atoms with Crippen molar-refractivity contribution in [2.45, 2.75) is 46.1 Å². The Hall–Kier alpha value is -2.62. The Morgan fingerprint density at radius 3 is 2.65 bits per heavy atom. The standard InChI is InChI=1S/C22H27N3O/c1-4-17-6-5-7-18-20(14-25-22(17)18)19(15(2)3)12-21(26)24-13-16-8-10-23-11-9-16/h5-11,14-15,19,25H,4,12-13H2,1-3H3,(H,24,26). The summed E-state index contributed by atoms with van der Waals surface area (Å²) in [7, 11) is 0.